The molecule has 168 valence electrons. The topological polar surface area (TPSA) is 84.7 Å². The smallest absolute Gasteiger partial charge is 0.253 e. The van der Waals surface area contributed by atoms with E-state index in [1.54, 1.807) is 27.5 Å². The summed E-state index contributed by atoms with van der Waals surface area (Å²) in [6, 6.07) is 5.00. The maximum atomic E-state index is 13.4. The Morgan fingerprint density at radius 2 is 1.90 bits per heavy atom. The lowest BCUT2D eigenvalue weighted by Crippen LogP contribution is -2.42. The molecule has 0 radical (unpaired) electrons. The molecule has 0 aliphatic carbocycles. The van der Waals surface area contributed by atoms with Gasteiger partial charge in [-0.2, -0.15) is 4.31 Å². The zero-order valence-corrected chi connectivity index (χ0v) is 18.9. The number of carbonyl (C=O) groups excluding carboxylic acids is 1. The average molecular weight is 447 g/mol. The van der Waals surface area contributed by atoms with E-state index < -0.39 is 10.0 Å². The zero-order chi connectivity index (χ0) is 22.0. The highest BCUT2D eigenvalue weighted by molar-refractivity contribution is 7.89. The molecular weight excluding hydrogens is 416 g/mol. The van der Waals surface area contributed by atoms with Gasteiger partial charge in [-0.1, -0.05) is 6.42 Å². The minimum absolute atomic E-state index is 0.0648. The molecule has 1 aromatic carbocycles. The Kier molecular flexibility index (Phi) is 6.34. The molecule has 2 fully saturated rings. The van der Waals surface area contributed by atoms with E-state index in [2.05, 4.69) is 9.55 Å². The van der Waals surface area contributed by atoms with Crippen LogP contribution in [0, 0.1) is 0 Å². The van der Waals surface area contributed by atoms with Crippen molar-refractivity contribution in [1.82, 2.24) is 18.8 Å². The van der Waals surface area contributed by atoms with E-state index in [-0.39, 0.29) is 22.6 Å². The molecule has 1 aromatic heterocycles. The molecular formula is C22H30N4O4S. The van der Waals surface area contributed by atoms with E-state index in [1.807, 2.05) is 19.4 Å². The lowest BCUT2D eigenvalue weighted by molar-refractivity contribution is 0.0694. The van der Waals surface area contributed by atoms with Crippen LogP contribution in [0.2, 0.25) is 0 Å². The van der Waals surface area contributed by atoms with Crippen molar-refractivity contribution in [1.29, 1.82) is 0 Å². The Labute approximate surface area is 183 Å². The first kappa shape index (κ1) is 21.8. The molecule has 1 amide bonds. The highest BCUT2D eigenvalue weighted by Gasteiger charge is 2.34. The van der Waals surface area contributed by atoms with Crippen LogP contribution in [0.1, 0.15) is 55.4 Å². The zero-order valence-electron chi connectivity index (χ0n) is 18.1. The molecule has 0 saturated carbocycles. The number of likely N-dealkylation sites (tertiary alicyclic amines) is 1. The second kappa shape index (κ2) is 9.00. The number of sulfonamides is 1. The van der Waals surface area contributed by atoms with Gasteiger partial charge in [-0.15, -0.1) is 0 Å². The van der Waals surface area contributed by atoms with Gasteiger partial charge in [0.05, 0.1) is 13.4 Å². The monoisotopic (exact) mass is 446 g/mol. The van der Waals surface area contributed by atoms with Crippen molar-refractivity contribution < 1.29 is 17.9 Å². The third-order valence-corrected chi connectivity index (χ3v) is 8.47. The number of ether oxygens (including phenoxy) is 1. The van der Waals surface area contributed by atoms with Crippen LogP contribution in [0.25, 0.3) is 0 Å². The lowest BCUT2D eigenvalue weighted by atomic mass is 10.0. The number of hydrogen-bond acceptors (Lipinski definition) is 5. The van der Waals surface area contributed by atoms with Gasteiger partial charge in [0, 0.05) is 49.7 Å². The van der Waals surface area contributed by atoms with E-state index in [0.29, 0.717) is 31.2 Å². The van der Waals surface area contributed by atoms with Crippen LogP contribution >= 0.6 is 0 Å². The van der Waals surface area contributed by atoms with Crippen LogP contribution in [0.4, 0.5) is 0 Å². The quantitative estimate of drug-likeness (QED) is 0.705. The van der Waals surface area contributed by atoms with Gasteiger partial charge in [-0.25, -0.2) is 13.4 Å². The first-order valence-corrected chi connectivity index (χ1v) is 12.3. The summed E-state index contributed by atoms with van der Waals surface area (Å²) in [6.07, 6.45) is 9.92. The molecule has 9 heteroatoms. The summed E-state index contributed by atoms with van der Waals surface area (Å²) in [7, 11) is -2.30. The first-order chi connectivity index (χ1) is 14.9. The highest BCUT2D eigenvalue weighted by atomic mass is 32.2. The van der Waals surface area contributed by atoms with E-state index in [1.165, 1.54) is 13.2 Å². The van der Waals surface area contributed by atoms with Gasteiger partial charge in [0.1, 0.15) is 10.6 Å². The number of imidazole rings is 1. The summed E-state index contributed by atoms with van der Waals surface area (Å²) in [5.41, 5.74) is 0.380. The van der Waals surface area contributed by atoms with Gasteiger partial charge in [0.25, 0.3) is 5.91 Å². The number of aromatic nitrogens is 2. The van der Waals surface area contributed by atoms with E-state index >= 15 is 0 Å². The largest absolute Gasteiger partial charge is 0.495 e. The molecule has 0 spiro atoms. The van der Waals surface area contributed by atoms with Crippen molar-refractivity contribution in [3.05, 3.63) is 42.5 Å². The molecule has 31 heavy (non-hydrogen) atoms. The Bertz CT molecular complexity index is 1010. The number of nitrogens with zero attached hydrogens (tertiary/aromatic N) is 4. The predicted octanol–water partition coefficient (Wildman–Crippen LogP) is 2.93. The van der Waals surface area contributed by atoms with Gasteiger partial charge >= 0.3 is 0 Å². The van der Waals surface area contributed by atoms with Gasteiger partial charge in [0.2, 0.25) is 10.0 Å². The fraction of sp³-hybridized carbons (Fsp3) is 0.545. The number of benzene rings is 1. The van der Waals surface area contributed by atoms with Crippen LogP contribution in [0.15, 0.2) is 41.8 Å². The Hall–Kier alpha value is -2.39. The summed E-state index contributed by atoms with van der Waals surface area (Å²) in [4.78, 5) is 19.1. The summed E-state index contributed by atoms with van der Waals surface area (Å²) >= 11 is 0. The van der Waals surface area contributed by atoms with Crippen molar-refractivity contribution in [2.75, 3.05) is 26.7 Å². The fourth-order valence-electron chi connectivity index (χ4n) is 4.60. The van der Waals surface area contributed by atoms with E-state index in [9.17, 15) is 13.2 Å². The van der Waals surface area contributed by atoms with Crippen molar-refractivity contribution in [3.63, 3.8) is 0 Å². The summed E-state index contributed by atoms with van der Waals surface area (Å²) in [5.74, 6) is 0.128. The number of piperidine rings is 2. The van der Waals surface area contributed by atoms with Crippen molar-refractivity contribution in [2.24, 2.45) is 0 Å². The lowest BCUT2D eigenvalue weighted by Gasteiger charge is -2.33. The fourth-order valence-corrected chi connectivity index (χ4v) is 6.48. The molecule has 2 aromatic rings. The highest BCUT2D eigenvalue weighted by Crippen LogP contribution is 2.32. The normalized spacial score (nSPS) is 21.2. The predicted molar refractivity (Wildman–Crippen MR) is 117 cm³/mol. The molecule has 2 aliphatic rings. The third kappa shape index (κ3) is 4.34. The first-order valence-electron chi connectivity index (χ1n) is 10.9. The van der Waals surface area contributed by atoms with Crippen molar-refractivity contribution in [3.8, 4) is 5.75 Å². The molecule has 1 unspecified atom stereocenters. The van der Waals surface area contributed by atoms with Gasteiger partial charge in [0.15, 0.2) is 0 Å². The van der Waals surface area contributed by atoms with E-state index in [0.717, 1.165) is 32.1 Å². The van der Waals surface area contributed by atoms with Crippen LogP contribution in [-0.2, 0) is 10.0 Å². The molecule has 4 rings (SSSR count). The Balaban J connectivity index is 1.55. The van der Waals surface area contributed by atoms with Crippen LogP contribution in [0.3, 0.4) is 0 Å². The van der Waals surface area contributed by atoms with Gasteiger partial charge in [-0.05, 0) is 50.8 Å². The van der Waals surface area contributed by atoms with E-state index in [4.69, 9.17) is 4.74 Å². The maximum Gasteiger partial charge on any atom is 0.253 e. The SMILES string of the molecule is COc1ccc(C(=O)N2CCC(n3ccnc3)CC2)cc1S(=O)(=O)N1CCCCC1C. The van der Waals surface area contributed by atoms with Crippen LogP contribution in [-0.4, -0.2) is 65.9 Å². The standard InChI is InChI=1S/C22H30N4O4S/c1-17-5-3-4-11-26(17)31(28,29)21-15-18(6-7-20(21)30-2)22(27)24-12-8-19(9-13-24)25-14-10-23-16-25/h6-7,10,14-17,19H,3-5,8-9,11-13H2,1-2H3. The summed E-state index contributed by atoms with van der Waals surface area (Å²) in [5, 5.41) is 0. The number of rotatable bonds is 5. The number of methoxy groups -OCH3 is 1. The number of amides is 1. The Morgan fingerprint density at radius 1 is 1.13 bits per heavy atom. The number of hydrogen-bond donors (Lipinski definition) is 0. The minimum atomic E-state index is -3.75. The molecule has 2 aliphatic heterocycles. The van der Waals surface area contributed by atoms with Crippen molar-refractivity contribution >= 4 is 15.9 Å². The van der Waals surface area contributed by atoms with Crippen molar-refractivity contribution in [2.45, 2.75) is 56.0 Å². The average Bonchev–Trinajstić information content (AvgIpc) is 3.33. The molecule has 0 bridgehead atoms. The second-order valence-corrected chi connectivity index (χ2v) is 10.2. The summed E-state index contributed by atoms with van der Waals surface area (Å²) in [6.45, 7) is 3.67. The van der Waals surface area contributed by atoms with Crippen LogP contribution in [0.5, 0.6) is 5.75 Å². The minimum Gasteiger partial charge on any atom is -0.495 e. The molecule has 8 nitrogen and oxygen atoms in total. The van der Waals surface area contributed by atoms with Gasteiger partial charge in [-0.3, -0.25) is 4.79 Å². The van der Waals surface area contributed by atoms with Gasteiger partial charge < -0.3 is 14.2 Å². The molecule has 1 atom stereocenters. The molecule has 0 N–H and O–H groups in total. The maximum absolute atomic E-state index is 13.4. The second-order valence-electron chi connectivity index (χ2n) is 8.36. The Morgan fingerprint density at radius 3 is 2.55 bits per heavy atom. The summed E-state index contributed by atoms with van der Waals surface area (Å²) < 4.78 is 35.8. The molecule has 2 saturated heterocycles. The molecule has 3 heterocycles. The number of carbonyl (C=O) groups is 1. The van der Waals surface area contributed by atoms with Crippen LogP contribution < -0.4 is 4.74 Å². The third-order valence-electron chi connectivity index (χ3n) is 6.44.